The molecule has 2 nitrogen and oxygen atoms in total. The van der Waals surface area contributed by atoms with E-state index in [2.05, 4.69) is 38.2 Å². The third kappa shape index (κ3) is 4.40. The Morgan fingerprint density at radius 3 is 2.67 bits per heavy atom. The van der Waals surface area contributed by atoms with Crippen LogP contribution in [0.3, 0.4) is 0 Å². The molecule has 2 rings (SSSR count). The Morgan fingerprint density at radius 1 is 1.14 bits per heavy atom. The van der Waals surface area contributed by atoms with E-state index < -0.39 is 0 Å². The maximum absolute atomic E-state index is 6.01. The molecule has 0 radical (unpaired) electrons. The van der Waals surface area contributed by atoms with Crippen LogP contribution >= 0.6 is 11.6 Å². The zero-order chi connectivity index (χ0) is 15.2. The van der Waals surface area contributed by atoms with Crippen molar-refractivity contribution in [2.45, 2.75) is 26.7 Å². The van der Waals surface area contributed by atoms with Gasteiger partial charge in [0.05, 0.1) is 0 Å². The highest BCUT2D eigenvalue weighted by molar-refractivity contribution is 6.30. The summed E-state index contributed by atoms with van der Waals surface area (Å²) in [4.78, 5) is 0. The Morgan fingerprint density at radius 2 is 1.90 bits per heavy atom. The van der Waals surface area contributed by atoms with Gasteiger partial charge >= 0.3 is 0 Å². The number of ether oxygens (including phenoxy) is 1. The van der Waals surface area contributed by atoms with Gasteiger partial charge in [0.25, 0.3) is 0 Å². The molecule has 0 heterocycles. The highest BCUT2D eigenvalue weighted by Crippen LogP contribution is 2.25. The predicted octanol–water partition coefficient (Wildman–Crippen LogP) is 5.26. The number of rotatable bonds is 6. The predicted molar refractivity (Wildman–Crippen MR) is 90.7 cm³/mol. The lowest BCUT2D eigenvalue weighted by Crippen LogP contribution is -2.13. The molecular formula is C18H22ClNO. The quantitative estimate of drug-likeness (QED) is 0.735. The van der Waals surface area contributed by atoms with Crippen LogP contribution in [0, 0.1) is 6.92 Å². The normalized spacial score (nSPS) is 10.7. The van der Waals surface area contributed by atoms with Crippen LogP contribution in [0.1, 0.15) is 30.9 Å². The van der Waals surface area contributed by atoms with Crippen LogP contribution in [0.5, 0.6) is 5.75 Å². The van der Waals surface area contributed by atoms with Crippen LogP contribution in [0.15, 0.2) is 42.5 Å². The maximum Gasteiger partial charge on any atom is 0.122 e. The molecule has 0 spiro atoms. The molecule has 0 bridgehead atoms. The third-order valence-corrected chi connectivity index (χ3v) is 3.65. The van der Waals surface area contributed by atoms with Gasteiger partial charge in [-0.3, -0.25) is 0 Å². The van der Waals surface area contributed by atoms with Crippen molar-refractivity contribution in [3.8, 4) is 5.75 Å². The molecule has 0 atom stereocenters. The summed E-state index contributed by atoms with van der Waals surface area (Å²) in [5.41, 5.74) is 3.49. The molecule has 0 saturated carbocycles. The van der Waals surface area contributed by atoms with Gasteiger partial charge in [0, 0.05) is 17.3 Å². The van der Waals surface area contributed by atoms with Crippen LogP contribution in [0.2, 0.25) is 5.02 Å². The van der Waals surface area contributed by atoms with Crippen molar-refractivity contribution in [2.75, 3.05) is 18.5 Å². The van der Waals surface area contributed by atoms with Crippen LogP contribution in [0.4, 0.5) is 5.69 Å². The highest BCUT2D eigenvalue weighted by Gasteiger charge is 2.06. The van der Waals surface area contributed by atoms with Gasteiger partial charge < -0.3 is 10.1 Å². The average molecular weight is 304 g/mol. The molecule has 112 valence electrons. The van der Waals surface area contributed by atoms with Crippen molar-refractivity contribution >= 4 is 17.3 Å². The average Bonchev–Trinajstić information content (AvgIpc) is 2.47. The first-order valence-electron chi connectivity index (χ1n) is 7.29. The minimum Gasteiger partial charge on any atom is -0.491 e. The first-order valence-corrected chi connectivity index (χ1v) is 7.67. The maximum atomic E-state index is 6.01. The molecule has 0 fully saturated rings. The van der Waals surface area contributed by atoms with Crippen molar-refractivity contribution in [3.63, 3.8) is 0 Å². The van der Waals surface area contributed by atoms with E-state index in [0.717, 1.165) is 23.0 Å². The Labute approximate surface area is 132 Å². The zero-order valence-electron chi connectivity index (χ0n) is 12.8. The fourth-order valence-corrected chi connectivity index (χ4v) is 2.39. The molecule has 2 aromatic rings. The smallest absolute Gasteiger partial charge is 0.122 e. The van der Waals surface area contributed by atoms with Gasteiger partial charge in [0.15, 0.2) is 0 Å². The Bertz CT molecular complexity index is 596. The SMILES string of the molecule is Cc1ccc(Cl)cc1NCCOc1ccccc1C(C)C. The molecule has 0 aromatic heterocycles. The fraction of sp³-hybridized carbons (Fsp3) is 0.333. The van der Waals surface area contributed by atoms with E-state index in [0.29, 0.717) is 12.5 Å². The van der Waals surface area contributed by atoms with E-state index >= 15 is 0 Å². The van der Waals surface area contributed by atoms with E-state index in [1.165, 1.54) is 11.1 Å². The molecule has 2 aromatic carbocycles. The number of hydrogen-bond acceptors (Lipinski definition) is 2. The van der Waals surface area contributed by atoms with Crippen molar-refractivity contribution in [3.05, 3.63) is 58.6 Å². The topological polar surface area (TPSA) is 21.3 Å². The minimum absolute atomic E-state index is 0.462. The second-order valence-electron chi connectivity index (χ2n) is 5.43. The van der Waals surface area contributed by atoms with Crippen molar-refractivity contribution in [1.29, 1.82) is 0 Å². The van der Waals surface area contributed by atoms with Gasteiger partial charge in [0.1, 0.15) is 12.4 Å². The summed E-state index contributed by atoms with van der Waals surface area (Å²) >= 11 is 6.01. The first-order chi connectivity index (χ1) is 10.1. The molecule has 0 unspecified atom stereocenters. The third-order valence-electron chi connectivity index (χ3n) is 3.42. The van der Waals surface area contributed by atoms with Crippen LogP contribution in [-0.2, 0) is 0 Å². The number of nitrogens with one attached hydrogen (secondary N) is 1. The fourth-order valence-electron chi connectivity index (χ4n) is 2.22. The largest absolute Gasteiger partial charge is 0.491 e. The van der Waals surface area contributed by atoms with Gasteiger partial charge in [-0.25, -0.2) is 0 Å². The first kappa shape index (κ1) is 15.7. The zero-order valence-corrected chi connectivity index (χ0v) is 13.6. The van der Waals surface area contributed by atoms with E-state index in [9.17, 15) is 0 Å². The molecule has 3 heteroatoms. The second-order valence-corrected chi connectivity index (χ2v) is 5.86. The lowest BCUT2D eigenvalue weighted by Gasteiger charge is -2.15. The number of aryl methyl sites for hydroxylation is 1. The van der Waals surface area contributed by atoms with Gasteiger partial charge in [0.2, 0.25) is 0 Å². The molecule has 0 aliphatic carbocycles. The summed E-state index contributed by atoms with van der Waals surface area (Å²) in [6.45, 7) is 7.78. The summed E-state index contributed by atoms with van der Waals surface area (Å²) in [6.07, 6.45) is 0. The van der Waals surface area contributed by atoms with Gasteiger partial charge in [-0.2, -0.15) is 0 Å². The van der Waals surface area contributed by atoms with Crippen molar-refractivity contribution in [2.24, 2.45) is 0 Å². The lowest BCUT2D eigenvalue weighted by molar-refractivity contribution is 0.328. The van der Waals surface area contributed by atoms with E-state index in [-0.39, 0.29) is 0 Å². The number of anilines is 1. The Balaban J connectivity index is 1.89. The monoisotopic (exact) mass is 303 g/mol. The molecule has 0 saturated heterocycles. The van der Waals surface area contributed by atoms with Crippen LogP contribution in [0.25, 0.3) is 0 Å². The van der Waals surface area contributed by atoms with E-state index in [1.807, 2.05) is 30.3 Å². The van der Waals surface area contributed by atoms with Crippen LogP contribution < -0.4 is 10.1 Å². The highest BCUT2D eigenvalue weighted by atomic mass is 35.5. The summed E-state index contributed by atoms with van der Waals surface area (Å²) in [7, 11) is 0. The number of halogens is 1. The summed E-state index contributed by atoms with van der Waals surface area (Å²) < 4.78 is 5.89. The Hall–Kier alpha value is -1.67. The summed E-state index contributed by atoms with van der Waals surface area (Å²) in [5, 5.41) is 4.11. The summed E-state index contributed by atoms with van der Waals surface area (Å²) in [5.74, 6) is 1.43. The minimum atomic E-state index is 0.462. The van der Waals surface area contributed by atoms with Gasteiger partial charge in [-0.1, -0.05) is 49.7 Å². The molecule has 0 aliphatic heterocycles. The molecule has 0 amide bonds. The second kappa shape index (κ2) is 7.37. The molecule has 0 aliphatic rings. The van der Waals surface area contributed by atoms with Crippen LogP contribution in [-0.4, -0.2) is 13.2 Å². The van der Waals surface area contributed by atoms with E-state index in [4.69, 9.17) is 16.3 Å². The lowest BCUT2D eigenvalue weighted by atomic mass is 10.0. The van der Waals surface area contributed by atoms with Crippen molar-refractivity contribution < 1.29 is 4.74 Å². The Kier molecular flexibility index (Phi) is 5.51. The number of benzene rings is 2. The van der Waals surface area contributed by atoms with E-state index in [1.54, 1.807) is 0 Å². The molecular weight excluding hydrogens is 282 g/mol. The number of hydrogen-bond donors (Lipinski definition) is 1. The van der Waals surface area contributed by atoms with Gasteiger partial charge in [-0.05, 0) is 42.2 Å². The van der Waals surface area contributed by atoms with Crippen molar-refractivity contribution in [1.82, 2.24) is 0 Å². The number of para-hydroxylation sites is 1. The molecule has 1 N–H and O–H groups in total. The van der Waals surface area contributed by atoms with Gasteiger partial charge in [-0.15, -0.1) is 0 Å². The standard InChI is InChI=1S/C18H22ClNO/c1-13(2)16-6-4-5-7-18(16)21-11-10-20-17-12-15(19)9-8-14(17)3/h4-9,12-13,20H,10-11H2,1-3H3. The molecule has 21 heavy (non-hydrogen) atoms. The summed E-state index contributed by atoms with van der Waals surface area (Å²) in [6, 6.07) is 14.1.